The Morgan fingerprint density at radius 3 is 2.71 bits per heavy atom. The highest BCUT2D eigenvalue weighted by Crippen LogP contribution is 2.23. The fraction of sp³-hybridized carbons (Fsp3) is 0.409. The molecule has 6 heteroatoms. The Balaban J connectivity index is 1.70. The summed E-state index contributed by atoms with van der Waals surface area (Å²) >= 11 is 0. The van der Waals surface area contributed by atoms with Gasteiger partial charge in [0.2, 0.25) is 0 Å². The van der Waals surface area contributed by atoms with Crippen molar-refractivity contribution in [1.29, 1.82) is 0 Å². The van der Waals surface area contributed by atoms with E-state index in [4.69, 9.17) is 4.74 Å². The molecular formula is C22H28N2O4. The van der Waals surface area contributed by atoms with Crippen molar-refractivity contribution in [1.82, 2.24) is 9.80 Å². The average molecular weight is 384 g/mol. The molecule has 1 aliphatic heterocycles. The number of carbonyl (C=O) groups excluding carboxylic acids is 1. The van der Waals surface area contributed by atoms with Crippen LogP contribution in [0.4, 0.5) is 0 Å². The van der Waals surface area contributed by atoms with E-state index in [1.807, 2.05) is 17.9 Å². The van der Waals surface area contributed by atoms with E-state index < -0.39 is 0 Å². The molecule has 0 saturated carbocycles. The zero-order valence-corrected chi connectivity index (χ0v) is 16.5. The van der Waals surface area contributed by atoms with Gasteiger partial charge in [-0.25, -0.2) is 0 Å². The Hall–Kier alpha value is -2.57. The van der Waals surface area contributed by atoms with Crippen molar-refractivity contribution >= 4 is 5.91 Å². The van der Waals surface area contributed by atoms with Gasteiger partial charge in [-0.05, 0) is 48.7 Å². The number of aliphatic hydroxyl groups is 1. The molecule has 150 valence electrons. The van der Waals surface area contributed by atoms with Crippen LogP contribution < -0.4 is 4.74 Å². The lowest BCUT2D eigenvalue weighted by Crippen LogP contribution is -2.54. The molecule has 0 bridgehead atoms. The van der Waals surface area contributed by atoms with Gasteiger partial charge >= 0.3 is 0 Å². The van der Waals surface area contributed by atoms with E-state index in [-0.39, 0.29) is 24.3 Å². The number of aliphatic hydroxyl groups excluding tert-OH is 1. The van der Waals surface area contributed by atoms with E-state index in [0.717, 1.165) is 24.4 Å². The van der Waals surface area contributed by atoms with E-state index in [1.54, 1.807) is 25.3 Å². The average Bonchev–Trinajstić information content (AvgIpc) is 2.69. The number of ether oxygens (including phenoxy) is 1. The number of carbonyl (C=O) groups is 1. The Morgan fingerprint density at radius 2 is 2.04 bits per heavy atom. The highest BCUT2D eigenvalue weighted by molar-refractivity contribution is 5.94. The topological polar surface area (TPSA) is 73.2 Å². The lowest BCUT2D eigenvalue weighted by molar-refractivity contribution is 0.0395. The van der Waals surface area contributed by atoms with Crippen LogP contribution in [0.1, 0.15) is 27.9 Å². The van der Waals surface area contributed by atoms with Crippen LogP contribution in [0.25, 0.3) is 0 Å². The van der Waals surface area contributed by atoms with Crippen molar-refractivity contribution in [2.45, 2.75) is 25.9 Å². The van der Waals surface area contributed by atoms with Gasteiger partial charge in [0.05, 0.1) is 7.11 Å². The summed E-state index contributed by atoms with van der Waals surface area (Å²) in [5.74, 6) is 0.877. The van der Waals surface area contributed by atoms with Crippen LogP contribution in [-0.2, 0) is 6.54 Å². The van der Waals surface area contributed by atoms with Crippen LogP contribution in [0.15, 0.2) is 42.5 Å². The highest BCUT2D eigenvalue weighted by Gasteiger charge is 2.29. The zero-order valence-electron chi connectivity index (χ0n) is 16.5. The molecule has 0 unspecified atom stereocenters. The fourth-order valence-electron chi connectivity index (χ4n) is 3.80. The van der Waals surface area contributed by atoms with Crippen LogP contribution in [0, 0.1) is 6.92 Å². The molecule has 3 rings (SSSR count). The molecule has 0 aliphatic carbocycles. The van der Waals surface area contributed by atoms with Gasteiger partial charge in [0, 0.05) is 44.4 Å². The second kappa shape index (κ2) is 9.08. The van der Waals surface area contributed by atoms with Crippen molar-refractivity contribution in [3.05, 3.63) is 59.2 Å². The quantitative estimate of drug-likeness (QED) is 0.800. The number of aryl methyl sites for hydroxylation is 1. The highest BCUT2D eigenvalue weighted by atomic mass is 16.5. The summed E-state index contributed by atoms with van der Waals surface area (Å²) in [4.78, 5) is 16.9. The maximum atomic E-state index is 12.8. The first-order valence-corrected chi connectivity index (χ1v) is 9.58. The molecule has 0 aromatic heterocycles. The van der Waals surface area contributed by atoms with Gasteiger partial charge in [0.1, 0.15) is 11.5 Å². The van der Waals surface area contributed by atoms with E-state index in [9.17, 15) is 15.0 Å². The lowest BCUT2D eigenvalue weighted by Gasteiger charge is -2.41. The number of hydrogen-bond donors (Lipinski definition) is 2. The third-order valence-corrected chi connectivity index (χ3v) is 5.29. The number of aromatic hydroxyl groups is 1. The van der Waals surface area contributed by atoms with E-state index in [0.29, 0.717) is 25.1 Å². The molecule has 1 amide bonds. The number of nitrogens with zero attached hydrogens (tertiary/aromatic N) is 2. The molecule has 0 radical (unpaired) electrons. The minimum Gasteiger partial charge on any atom is -0.508 e. The lowest BCUT2D eigenvalue weighted by atomic mass is 10.0. The molecule has 1 heterocycles. The summed E-state index contributed by atoms with van der Waals surface area (Å²) in [6.07, 6.45) is 0.610. The molecule has 2 aromatic carbocycles. The number of benzene rings is 2. The van der Waals surface area contributed by atoms with Crippen LogP contribution in [0.2, 0.25) is 0 Å². The summed E-state index contributed by atoms with van der Waals surface area (Å²) < 4.78 is 5.33. The maximum absolute atomic E-state index is 12.8. The Morgan fingerprint density at radius 1 is 1.21 bits per heavy atom. The number of phenols is 1. The molecule has 6 nitrogen and oxygen atoms in total. The fourth-order valence-corrected chi connectivity index (χ4v) is 3.80. The SMILES string of the molecule is COc1ccc(CN2CCN(C(=O)c3cccc(O)c3)C[C@@H]2CCO)cc1C. The third-order valence-electron chi connectivity index (χ3n) is 5.29. The predicted molar refractivity (Wildman–Crippen MR) is 108 cm³/mol. The Kier molecular flexibility index (Phi) is 6.54. The van der Waals surface area contributed by atoms with E-state index in [1.165, 1.54) is 11.6 Å². The Bertz CT molecular complexity index is 824. The van der Waals surface area contributed by atoms with Gasteiger partial charge < -0.3 is 19.8 Å². The number of piperazine rings is 1. The standard InChI is InChI=1S/C22H28N2O4/c1-16-12-17(6-7-21(16)28-2)14-23-9-10-24(15-19(23)8-11-25)22(27)18-4-3-5-20(26)13-18/h3-7,12-13,19,25-26H,8-11,14-15H2,1-2H3/t19-/m0/s1. The number of hydrogen-bond acceptors (Lipinski definition) is 5. The Labute approximate surface area is 166 Å². The molecule has 1 fully saturated rings. The van der Waals surface area contributed by atoms with Crippen LogP contribution in [0.5, 0.6) is 11.5 Å². The molecule has 0 spiro atoms. The van der Waals surface area contributed by atoms with Crippen molar-refractivity contribution < 1.29 is 19.7 Å². The predicted octanol–water partition coefficient (Wildman–Crippen LogP) is 2.42. The molecule has 28 heavy (non-hydrogen) atoms. The first-order valence-electron chi connectivity index (χ1n) is 9.58. The summed E-state index contributed by atoms with van der Waals surface area (Å²) in [5.41, 5.74) is 2.77. The van der Waals surface area contributed by atoms with Crippen LogP contribution >= 0.6 is 0 Å². The third kappa shape index (κ3) is 4.64. The zero-order chi connectivity index (χ0) is 20.1. The summed E-state index contributed by atoms with van der Waals surface area (Å²) in [7, 11) is 1.67. The summed E-state index contributed by atoms with van der Waals surface area (Å²) in [6.45, 7) is 4.79. The first-order chi connectivity index (χ1) is 13.5. The van der Waals surface area contributed by atoms with Gasteiger partial charge in [0.15, 0.2) is 0 Å². The van der Waals surface area contributed by atoms with Crippen molar-refractivity contribution in [2.75, 3.05) is 33.4 Å². The van der Waals surface area contributed by atoms with Gasteiger partial charge in [-0.3, -0.25) is 9.69 Å². The van der Waals surface area contributed by atoms with Crippen molar-refractivity contribution in [2.24, 2.45) is 0 Å². The number of phenolic OH excluding ortho intramolecular Hbond substituents is 1. The van der Waals surface area contributed by atoms with Gasteiger partial charge in [-0.1, -0.05) is 18.2 Å². The second-order valence-electron chi connectivity index (χ2n) is 7.24. The summed E-state index contributed by atoms with van der Waals surface area (Å²) in [5, 5.41) is 19.2. The minimum absolute atomic E-state index is 0.0803. The normalized spacial score (nSPS) is 17.5. The largest absolute Gasteiger partial charge is 0.508 e. The van der Waals surface area contributed by atoms with E-state index >= 15 is 0 Å². The monoisotopic (exact) mass is 384 g/mol. The van der Waals surface area contributed by atoms with E-state index in [2.05, 4.69) is 17.0 Å². The maximum Gasteiger partial charge on any atom is 0.254 e. The molecule has 2 aromatic rings. The van der Waals surface area contributed by atoms with Gasteiger partial charge in [0.25, 0.3) is 5.91 Å². The van der Waals surface area contributed by atoms with Crippen molar-refractivity contribution in [3.63, 3.8) is 0 Å². The number of amides is 1. The van der Waals surface area contributed by atoms with Gasteiger partial charge in [-0.2, -0.15) is 0 Å². The molecule has 2 N–H and O–H groups in total. The molecule has 1 atom stereocenters. The minimum atomic E-state index is -0.0845. The molecule has 1 saturated heterocycles. The second-order valence-corrected chi connectivity index (χ2v) is 7.24. The first kappa shape index (κ1) is 20.2. The smallest absolute Gasteiger partial charge is 0.254 e. The summed E-state index contributed by atoms with van der Waals surface area (Å²) in [6, 6.07) is 12.7. The number of methoxy groups -OCH3 is 1. The molecular weight excluding hydrogens is 356 g/mol. The van der Waals surface area contributed by atoms with Gasteiger partial charge in [-0.15, -0.1) is 0 Å². The van der Waals surface area contributed by atoms with Crippen molar-refractivity contribution in [3.8, 4) is 11.5 Å². The number of rotatable bonds is 6. The molecule has 1 aliphatic rings. The van der Waals surface area contributed by atoms with Crippen LogP contribution in [0.3, 0.4) is 0 Å². The van der Waals surface area contributed by atoms with Crippen LogP contribution in [-0.4, -0.2) is 65.3 Å².